The molecule has 1 amide bonds. The Labute approximate surface area is 126 Å². The minimum absolute atomic E-state index is 0.0437. The largest absolute Gasteiger partial charge is 0.392 e. The quantitative estimate of drug-likeness (QED) is 0.895. The highest BCUT2D eigenvalue weighted by atomic mass is 16.3. The first kappa shape index (κ1) is 16.0. The molecule has 6 nitrogen and oxygen atoms in total. The van der Waals surface area contributed by atoms with Gasteiger partial charge in [0.1, 0.15) is 0 Å². The van der Waals surface area contributed by atoms with Gasteiger partial charge in [-0.15, -0.1) is 0 Å². The first-order chi connectivity index (χ1) is 9.77. The Kier molecular flexibility index (Phi) is 4.68. The molecule has 0 unspecified atom stereocenters. The standard InChI is InChI=1S/C15H26N4O2/c1-12(20)10-17-5-7-18(8-6-17)14(21)13-9-16-19(11-13)15(2,3)4/h9,11-12,20H,5-8,10H2,1-4H3/t12-/m0/s1. The number of amides is 1. The molecule has 0 radical (unpaired) electrons. The third-order valence-corrected chi connectivity index (χ3v) is 3.70. The van der Waals surface area contributed by atoms with E-state index in [2.05, 4.69) is 30.8 Å². The molecule has 1 N–H and O–H groups in total. The average Bonchev–Trinajstić information content (AvgIpc) is 2.87. The Morgan fingerprint density at radius 2 is 1.95 bits per heavy atom. The van der Waals surface area contributed by atoms with Crippen LogP contribution in [-0.2, 0) is 5.54 Å². The van der Waals surface area contributed by atoms with Gasteiger partial charge in [0.2, 0.25) is 0 Å². The molecular weight excluding hydrogens is 268 g/mol. The molecule has 0 bridgehead atoms. The molecule has 2 rings (SSSR count). The van der Waals surface area contributed by atoms with Crippen LogP contribution < -0.4 is 0 Å². The van der Waals surface area contributed by atoms with Crippen LogP contribution in [0.2, 0.25) is 0 Å². The van der Waals surface area contributed by atoms with Gasteiger partial charge in [-0.3, -0.25) is 14.4 Å². The molecule has 1 atom stereocenters. The summed E-state index contributed by atoms with van der Waals surface area (Å²) in [5.74, 6) is 0.0437. The molecule has 0 spiro atoms. The van der Waals surface area contributed by atoms with Gasteiger partial charge in [0, 0.05) is 38.9 Å². The van der Waals surface area contributed by atoms with E-state index in [-0.39, 0.29) is 17.6 Å². The summed E-state index contributed by atoms with van der Waals surface area (Å²) < 4.78 is 1.82. The summed E-state index contributed by atoms with van der Waals surface area (Å²) in [5.41, 5.74) is 0.531. The van der Waals surface area contributed by atoms with Crippen molar-refractivity contribution in [2.24, 2.45) is 0 Å². The number of nitrogens with zero attached hydrogens (tertiary/aromatic N) is 4. The van der Waals surface area contributed by atoms with Gasteiger partial charge in [-0.25, -0.2) is 0 Å². The van der Waals surface area contributed by atoms with Crippen molar-refractivity contribution in [1.82, 2.24) is 19.6 Å². The number of carbonyl (C=O) groups is 1. The van der Waals surface area contributed by atoms with Crippen LogP contribution in [0, 0.1) is 0 Å². The lowest BCUT2D eigenvalue weighted by Gasteiger charge is -2.35. The summed E-state index contributed by atoms with van der Waals surface area (Å²) >= 11 is 0. The second kappa shape index (κ2) is 6.15. The van der Waals surface area contributed by atoms with Crippen molar-refractivity contribution in [3.05, 3.63) is 18.0 Å². The van der Waals surface area contributed by atoms with Crippen LogP contribution in [0.4, 0.5) is 0 Å². The van der Waals surface area contributed by atoms with Crippen molar-refractivity contribution in [2.75, 3.05) is 32.7 Å². The van der Waals surface area contributed by atoms with Gasteiger partial charge >= 0.3 is 0 Å². The van der Waals surface area contributed by atoms with Gasteiger partial charge in [-0.1, -0.05) is 0 Å². The number of rotatable bonds is 3. The van der Waals surface area contributed by atoms with E-state index in [9.17, 15) is 9.90 Å². The predicted molar refractivity (Wildman–Crippen MR) is 81.2 cm³/mol. The first-order valence-corrected chi connectivity index (χ1v) is 7.52. The molecule has 1 saturated heterocycles. The predicted octanol–water partition coefficient (Wildman–Crippen LogP) is 0.777. The van der Waals surface area contributed by atoms with Crippen molar-refractivity contribution in [3.8, 4) is 0 Å². The lowest BCUT2D eigenvalue weighted by Crippen LogP contribution is -2.50. The third-order valence-electron chi connectivity index (χ3n) is 3.70. The number of aliphatic hydroxyl groups is 1. The van der Waals surface area contributed by atoms with Crippen LogP contribution in [-0.4, -0.2) is 69.4 Å². The van der Waals surface area contributed by atoms with E-state index < -0.39 is 0 Å². The zero-order valence-electron chi connectivity index (χ0n) is 13.4. The second-order valence-electron chi connectivity index (χ2n) is 6.79. The van der Waals surface area contributed by atoms with E-state index in [4.69, 9.17) is 0 Å². The van der Waals surface area contributed by atoms with Crippen molar-refractivity contribution in [3.63, 3.8) is 0 Å². The van der Waals surface area contributed by atoms with Crippen LogP contribution in [0.5, 0.6) is 0 Å². The summed E-state index contributed by atoms with van der Waals surface area (Å²) in [4.78, 5) is 16.5. The molecule has 1 aliphatic heterocycles. The van der Waals surface area contributed by atoms with Crippen molar-refractivity contribution >= 4 is 5.91 Å². The second-order valence-corrected chi connectivity index (χ2v) is 6.79. The molecule has 21 heavy (non-hydrogen) atoms. The topological polar surface area (TPSA) is 61.6 Å². The highest BCUT2D eigenvalue weighted by Gasteiger charge is 2.24. The molecule has 2 heterocycles. The zero-order chi connectivity index (χ0) is 15.6. The molecule has 1 aliphatic rings. The minimum Gasteiger partial charge on any atom is -0.392 e. The molecule has 0 saturated carbocycles. The number of carbonyl (C=O) groups excluding carboxylic acids is 1. The van der Waals surface area contributed by atoms with Crippen molar-refractivity contribution in [2.45, 2.75) is 39.3 Å². The number of β-amino-alcohol motifs (C(OH)–C–C–N with tert-alkyl or cyclic N) is 1. The van der Waals surface area contributed by atoms with E-state index in [1.807, 2.05) is 15.8 Å². The molecule has 1 fully saturated rings. The van der Waals surface area contributed by atoms with Gasteiger partial charge in [0.05, 0.1) is 23.4 Å². The van der Waals surface area contributed by atoms with Crippen LogP contribution in [0.1, 0.15) is 38.1 Å². The number of hydrogen-bond donors (Lipinski definition) is 1. The molecule has 1 aromatic rings. The van der Waals surface area contributed by atoms with Crippen molar-refractivity contribution in [1.29, 1.82) is 0 Å². The first-order valence-electron chi connectivity index (χ1n) is 7.52. The molecule has 118 valence electrons. The maximum atomic E-state index is 12.5. The van der Waals surface area contributed by atoms with Gasteiger partial charge < -0.3 is 10.0 Å². The van der Waals surface area contributed by atoms with Crippen LogP contribution in [0.25, 0.3) is 0 Å². The minimum atomic E-state index is -0.322. The lowest BCUT2D eigenvalue weighted by molar-refractivity contribution is 0.0554. The van der Waals surface area contributed by atoms with Crippen LogP contribution in [0.15, 0.2) is 12.4 Å². The maximum Gasteiger partial charge on any atom is 0.257 e. The fourth-order valence-electron chi connectivity index (χ4n) is 2.49. The Balaban J connectivity index is 1.94. The van der Waals surface area contributed by atoms with Crippen LogP contribution >= 0.6 is 0 Å². The smallest absolute Gasteiger partial charge is 0.257 e. The fourth-order valence-corrected chi connectivity index (χ4v) is 2.49. The summed E-state index contributed by atoms with van der Waals surface area (Å²) in [6, 6.07) is 0. The van der Waals surface area contributed by atoms with Crippen LogP contribution in [0.3, 0.4) is 0 Å². The number of aromatic nitrogens is 2. The Bertz CT molecular complexity index is 482. The van der Waals surface area contributed by atoms with Gasteiger partial charge in [0.25, 0.3) is 5.91 Å². The fraction of sp³-hybridized carbons (Fsp3) is 0.733. The third kappa shape index (κ3) is 4.04. The SMILES string of the molecule is C[C@H](O)CN1CCN(C(=O)c2cnn(C(C)(C)C)c2)CC1. The summed E-state index contributed by atoms with van der Waals surface area (Å²) in [5, 5.41) is 13.7. The Morgan fingerprint density at radius 3 is 2.43 bits per heavy atom. The molecule has 1 aromatic heterocycles. The van der Waals surface area contributed by atoms with E-state index in [1.165, 1.54) is 0 Å². The highest BCUT2D eigenvalue weighted by molar-refractivity contribution is 5.93. The summed E-state index contributed by atoms with van der Waals surface area (Å²) in [6.45, 7) is 11.7. The van der Waals surface area contributed by atoms with E-state index in [1.54, 1.807) is 13.1 Å². The van der Waals surface area contributed by atoms with E-state index >= 15 is 0 Å². The number of hydrogen-bond acceptors (Lipinski definition) is 4. The molecule has 6 heteroatoms. The van der Waals surface area contributed by atoms with Crippen molar-refractivity contribution < 1.29 is 9.90 Å². The Hall–Kier alpha value is -1.40. The Morgan fingerprint density at radius 1 is 1.33 bits per heavy atom. The van der Waals surface area contributed by atoms with Gasteiger partial charge in [-0.2, -0.15) is 5.10 Å². The number of piperazine rings is 1. The van der Waals surface area contributed by atoms with Gasteiger partial charge in [0.15, 0.2) is 0 Å². The summed E-state index contributed by atoms with van der Waals surface area (Å²) in [7, 11) is 0. The zero-order valence-corrected chi connectivity index (χ0v) is 13.4. The molecule has 0 aromatic carbocycles. The maximum absolute atomic E-state index is 12.5. The summed E-state index contributed by atoms with van der Waals surface area (Å²) in [6.07, 6.45) is 3.15. The average molecular weight is 294 g/mol. The molecule has 0 aliphatic carbocycles. The van der Waals surface area contributed by atoms with E-state index in [0.717, 1.165) is 13.1 Å². The lowest BCUT2D eigenvalue weighted by atomic mass is 10.1. The molecular formula is C15H26N4O2. The highest BCUT2D eigenvalue weighted by Crippen LogP contribution is 2.15. The monoisotopic (exact) mass is 294 g/mol. The number of aliphatic hydroxyl groups excluding tert-OH is 1. The van der Waals surface area contributed by atoms with E-state index in [0.29, 0.717) is 25.2 Å². The van der Waals surface area contributed by atoms with Gasteiger partial charge in [-0.05, 0) is 27.7 Å². The normalized spacial score (nSPS) is 18.8.